The minimum Gasteiger partial charge on any atom is -0.494 e. The number of ether oxygens (including phenoxy) is 1. The molecule has 3 rings (SSSR count). The van der Waals surface area contributed by atoms with Crippen LogP contribution < -0.4 is 10.1 Å². The van der Waals surface area contributed by atoms with Crippen molar-refractivity contribution in [2.75, 3.05) is 11.9 Å². The normalized spacial score (nSPS) is 10.6. The molecular weight excluding hydrogens is 340 g/mol. The van der Waals surface area contributed by atoms with E-state index >= 15 is 0 Å². The van der Waals surface area contributed by atoms with Crippen molar-refractivity contribution in [3.05, 3.63) is 41.0 Å². The molecule has 0 saturated carbocycles. The third-order valence-corrected chi connectivity index (χ3v) is 4.24. The van der Waals surface area contributed by atoms with Gasteiger partial charge >= 0.3 is 0 Å². The van der Waals surface area contributed by atoms with Gasteiger partial charge in [0.15, 0.2) is 11.5 Å². The number of carbonyl (C=O) groups excluding carboxylic acids is 1. The van der Waals surface area contributed by atoms with Gasteiger partial charge in [-0.25, -0.2) is 0 Å². The van der Waals surface area contributed by atoms with Crippen molar-refractivity contribution >= 4 is 22.4 Å². The molecule has 1 aromatic carbocycles. The zero-order valence-corrected chi connectivity index (χ0v) is 14.8. The number of hydrogen-bond donors (Lipinski definition) is 1. The van der Waals surface area contributed by atoms with E-state index in [1.807, 2.05) is 31.2 Å². The Morgan fingerprint density at radius 3 is 2.76 bits per heavy atom. The second-order valence-electron chi connectivity index (χ2n) is 5.24. The van der Waals surface area contributed by atoms with Gasteiger partial charge in [-0.15, -0.1) is 10.2 Å². The number of nitrogens with one attached hydrogen (secondary N) is 1. The molecule has 0 bridgehead atoms. The first-order chi connectivity index (χ1) is 12.2. The summed E-state index contributed by atoms with van der Waals surface area (Å²) in [6, 6.07) is 9.00. The zero-order valence-electron chi connectivity index (χ0n) is 14.0. The lowest BCUT2D eigenvalue weighted by Gasteiger charge is -2.02. The van der Waals surface area contributed by atoms with Gasteiger partial charge in [-0.05, 0) is 37.6 Å². The number of nitrogens with zero attached hydrogens (tertiary/aromatic N) is 3. The molecule has 3 aromatic rings. The van der Waals surface area contributed by atoms with E-state index in [-0.39, 0.29) is 11.6 Å². The van der Waals surface area contributed by atoms with E-state index in [2.05, 4.69) is 27.6 Å². The fourth-order valence-electron chi connectivity index (χ4n) is 2.18. The Hall–Kier alpha value is -2.74. The predicted octanol–water partition coefficient (Wildman–Crippen LogP) is 3.80. The Morgan fingerprint density at radius 2 is 2.04 bits per heavy atom. The van der Waals surface area contributed by atoms with Crippen molar-refractivity contribution in [2.24, 2.45) is 0 Å². The maximum absolute atomic E-state index is 12.3. The van der Waals surface area contributed by atoms with Crippen molar-refractivity contribution in [2.45, 2.75) is 26.7 Å². The van der Waals surface area contributed by atoms with Crippen LogP contribution in [0.1, 0.15) is 35.8 Å². The molecular formula is C17H18N4O3S. The fourth-order valence-corrected chi connectivity index (χ4v) is 3.02. The molecule has 0 fully saturated rings. The van der Waals surface area contributed by atoms with Gasteiger partial charge in [0, 0.05) is 18.1 Å². The van der Waals surface area contributed by atoms with Crippen LogP contribution >= 0.6 is 11.3 Å². The quantitative estimate of drug-likeness (QED) is 0.691. The highest BCUT2D eigenvalue weighted by molar-refractivity contribution is 7.15. The van der Waals surface area contributed by atoms with Crippen LogP contribution in [0.15, 0.2) is 34.9 Å². The molecule has 0 aliphatic rings. The average Bonchev–Trinajstić information content (AvgIpc) is 3.26. The third-order valence-electron chi connectivity index (χ3n) is 3.34. The first-order valence-electron chi connectivity index (χ1n) is 8.03. The largest absolute Gasteiger partial charge is 0.494 e. The Labute approximate surface area is 149 Å². The number of rotatable bonds is 7. The molecule has 2 heterocycles. The molecule has 0 aliphatic carbocycles. The maximum atomic E-state index is 12.3. The number of carbonyl (C=O) groups is 1. The summed E-state index contributed by atoms with van der Waals surface area (Å²) in [6.45, 7) is 4.60. The topological polar surface area (TPSA) is 90.1 Å². The van der Waals surface area contributed by atoms with Crippen LogP contribution in [0.3, 0.4) is 0 Å². The Kier molecular flexibility index (Phi) is 5.39. The van der Waals surface area contributed by atoms with Crippen LogP contribution in [0.25, 0.3) is 11.3 Å². The third kappa shape index (κ3) is 4.21. The van der Waals surface area contributed by atoms with E-state index in [1.54, 1.807) is 6.07 Å². The highest BCUT2D eigenvalue weighted by Crippen LogP contribution is 2.24. The van der Waals surface area contributed by atoms with Gasteiger partial charge in [-0.3, -0.25) is 10.1 Å². The summed E-state index contributed by atoms with van der Waals surface area (Å²) in [6.07, 6.45) is 1.83. The van der Waals surface area contributed by atoms with Gasteiger partial charge in [0.1, 0.15) is 10.8 Å². The highest BCUT2D eigenvalue weighted by atomic mass is 32.1. The van der Waals surface area contributed by atoms with E-state index in [0.717, 1.165) is 29.2 Å². The zero-order chi connectivity index (χ0) is 17.6. The Bertz CT molecular complexity index is 842. The summed E-state index contributed by atoms with van der Waals surface area (Å²) in [4.78, 5) is 12.3. The van der Waals surface area contributed by atoms with Gasteiger partial charge in [-0.2, -0.15) is 0 Å². The molecule has 1 N–H and O–H groups in total. The van der Waals surface area contributed by atoms with Crippen LogP contribution in [0.4, 0.5) is 5.13 Å². The van der Waals surface area contributed by atoms with Crippen molar-refractivity contribution in [1.82, 2.24) is 15.4 Å². The van der Waals surface area contributed by atoms with Gasteiger partial charge in [0.2, 0.25) is 5.13 Å². The molecule has 0 saturated heterocycles. The summed E-state index contributed by atoms with van der Waals surface area (Å²) in [5.41, 5.74) is 1.01. The smallest absolute Gasteiger partial charge is 0.279 e. The monoisotopic (exact) mass is 358 g/mol. The van der Waals surface area contributed by atoms with E-state index in [4.69, 9.17) is 9.26 Å². The standard InChI is InChI=1S/C17H18N4O3S/c1-3-5-15-19-20-17(25-15)18-16(22)13-10-14(24-21-13)11-6-8-12(9-7-11)23-4-2/h6-10H,3-5H2,1-2H3,(H,18,20,22). The highest BCUT2D eigenvalue weighted by Gasteiger charge is 2.16. The Morgan fingerprint density at radius 1 is 1.24 bits per heavy atom. The van der Waals surface area contributed by atoms with E-state index in [1.165, 1.54) is 11.3 Å². The van der Waals surface area contributed by atoms with E-state index in [0.29, 0.717) is 17.5 Å². The number of aryl methyl sites for hydroxylation is 1. The predicted molar refractivity (Wildman–Crippen MR) is 95.0 cm³/mol. The van der Waals surface area contributed by atoms with Crippen molar-refractivity contribution in [1.29, 1.82) is 0 Å². The minimum absolute atomic E-state index is 0.191. The van der Waals surface area contributed by atoms with Crippen LogP contribution in [0, 0.1) is 0 Å². The molecule has 130 valence electrons. The maximum Gasteiger partial charge on any atom is 0.279 e. The van der Waals surface area contributed by atoms with Gasteiger partial charge in [0.25, 0.3) is 5.91 Å². The van der Waals surface area contributed by atoms with Crippen LogP contribution in [-0.2, 0) is 6.42 Å². The summed E-state index contributed by atoms with van der Waals surface area (Å²) >= 11 is 1.36. The van der Waals surface area contributed by atoms with Gasteiger partial charge in [-0.1, -0.05) is 23.4 Å². The van der Waals surface area contributed by atoms with Crippen molar-refractivity contribution in [3.63, 3.8) is 0 Å². The first-order valence-corrected chi connectivity index (χ1v) is 8.85. The van der Waals surface area contributed by atoms with Gasteiger partial charge < -0.3 is 9.26 Å². The minimum atomic E-state index is -0.375. The number of aromatic nitrogens is 3. The summed E-state index contributed by atoms with van der Waals surface area (Å²) < 4.78 is 10.7. The van der Waals surface area contributed by atoms with E-state index in [9.17, 15) is 4.79 Å². The number of amides is 1. The number of benzene rings is 1. The second kappa shape index (κ2) is 7.89. The van der Waals surface area contributed by atoms with Crippen LogP contribution in [0.5, 0.6) is 5.75 Å². The summed E-state index contributed by atoms with van der Waals surface area (Å²) in [7, 11) is 0. The van der Waals surface area contributed by atoms with Crippen LogP contribution in [0.2, 0.25) is 0 Å². The van der Waals surface area contributed by atoms with Crippen molar-refractivity contribution in [3.8, 4) is 17.1 Å². The molecule has 0 unspecified atom stereocenters. The molecule has 8 heteroatoms. The molecule has 0 atom stereocenters. The van der Waals surface area contributed by atoms with Crippen molar-refractivity contribution < 1.29 is 14.1 Å². The molecule has 0 aliphatic heterocycles. The molecule has 0 spiro atoms. The molecule has 25 heavy (non-hydrogen) atoms. The Balaban J connectivity index is 1.68. The van der Waals surface area contributed by atoms with Crippen LogP contribution in [-0.4, -0.2) is 27.9 Å². The number of anilines is 1. The SMILES string of the molecule is CCCc1nnc(NC(=O)c2cc(-c3ccc(OCC)cc3)on2)s1. The lowest BCUT2D eigenvalue weighted by Crippen LogP contribution is -2.11. The second-order valence-corrected chi connectivity index (χ2v) is 6.30. The van der Waals surface area contributed by atoms with Gasteiger partial charge in [0.05, 0.1) is 6.61 Å². The lowest BCUT2D eigenvalue weighted by atomic mass is 10.1. The summed E-state index contributed by atoms with van der Waals surface area (Å²) in [5.74, 6) is 0.917. The fraction of sp³-hybridized carbons (Fsp3) is 0.294. The molecule has 7 nitrogen and oxygen atoms in total. The molecule has 2 aromatic heterocycles. The average molecular weight is 358 g/mol. The lowest BCUT2D eigenvalue weighted by molar-refractivity contribution is 0.101. The summed E-state index contributed by atoms with van der Waals surface area (Å²) in [5, 5.41) is 15.9. The molecule has 1 amide bonds. The number of hydrogen-bond acceptors (Lipinski definition) is 7. The first kappa shape index (κ1) is 17.1. The van der Waals surface area contributed by atoms with E-state index < -0.39 is 0 Å². The molecule has 0 radical (unpaired) electrons.